The van der Waals surface area contributed by atoms with E-state index in [4.69, 9.17) is 38.9 Å². The van der Waals surface area contributed by atoms with E-state index < -0.39 is 7.12 Å². The van der Waals surface area contributed by atoms with Gasteiger partial charge in [0.1, 0.15) is 0 Å². The molecular formula is C37H51B3Br3NO10. The first-order valence-electron chi connectivity index (χ1n) is 17.8. The zero-order chi connectivity index (χ0) is 40.0. The standard InChI is InChI=1S/C11H13BBr2O2.C11H15BO2.C8H11BO2.C4H4BrNO2.C3H8O2/c13-7-9-4-10(8-14)6-11(5-9)12-15-2-1-3-16-12;1-9-6-10(2)8-11(7-9)12-13-4-3-5-14-12;1-6-3-7(2)5-8(4-6)9(10)11;5-6-3(7)1-2-4(6)8;4-2-1-3-5/h4-6H,1-3,7-8H2;6-8H,3-5H2,1-2H3;3-5,10-11H,1-2H3;1-2H2;4-5H,1-3H2. The quantitative estimate of drug-likeness (QED) is 0.119. The summed E-state index contributed by atoms with van der Waals surface area (Å²) in [6, 6.07) is 18.4. The number of benzene rings is 3. The monoisotopic (exact) mass is 939 g/mol. The number of aliphatic hydroxyl groups excluding tert-OH is 2. The fourth-order valence-electron chi connectivity index (χ4n) is 5.37. The van der Waals surface area contributed by atoms with E-state index in [0.717, 1.165) is 75.9 Å². The average Bonchev–Trinajstić information content (AvgIpc) is 3.46. The summed E-state index contributed by atoms with van der Waals surface area (Å²) in [5, 5.41) is 35.2. The zero-order valence-corrected chi connectivity index (χ0v) is 36.2. The second-order valence-corrected chi connectivity index (χ2v) is 14.6. The number of alkyl halides is 2. The van der Waals surface area contributed by atoms with E-state index in [1.165, 1.54) is 22.3 Å². The van der Waals surface area contributed by atoms with Crippen LogP contribution in [0.1, 0.15) is 65.5 Å². The Morgan fingerprint density at radius 1 is 0.630 bits per heavy atom. The maximum absolute atomic E-state index is 10.4. The zero-order valence-electron chi connectivity index (χ0n) is 31.4. The van der Waals surface area contributed by atoms with Crippen LogP contribution < -0.4 is 16.4 Å². The van der Waals surface area contributed by atoms with E-state index in [9.17, 15) is 9.59 Å². The third-order valence-corrected chi connectivity index (χ3v) is 9.76. The summed E-state index contributed by atoms with van der Waals surface area (Å²) in [6.45, 7) is 11.4. The van der Waals surface area contributed by atoms with Gasteiger partial charge in [-0.1, -0.05) is 109 Å². The first kappa shape index (κ1) is 48.3. The Balaban J connectivity index is 0.000000245. The van der Waals surface area contributed by atoms with Gasteiger partial charge in [0.05, 0.1) is 16.1 Å². The van der Waals surface area contributed by atoms with Gasteiger partial charge >= 0.3 is 21.4 Å². The summed E-state index contributed by atoms with van der Waals surface area (Å²) in [5.41, 5.74) is 9.95. The van der Waals surface area contributed by atoms with Crippen molar-refractivity contribution in [3.63, 3.8) is 0 Å². The minimum Gasteiger partial charge on any atom is -0.423 e. The summed E-state index contributed by atoms with van der Waals surface area (Å²) in [5.74, 6) is -0.287. The molecule has 0 radical (unpaired) electrons. The van der Waals surface area contributed by atoms with Gasteiger partial charge in [-0.05, 0) is 74.5 Å². The van der Waals surface area contributed by atoms with Gasteiger partial charge in [-0.25, -0.2) is 3.93 Å². The average molecular weight is 942 g/mol. The minimum atomic E-state index is -1.35. The summed E-state index contributed by atoms with van der Waals surface area (Å²) in [4.78, 5) is 20.9. The Hall–Kier alpha value is -1.89. The van der Waals surface area contributed by atoms with Crippen LogP contribution in [0.4, 0.5) is 0 Å². The van der Waals surface area contributed by atoms with Gasteiger partial charge in [-0.3, -0.25) is 9.59 Å². The molecule has 3 aromatic rings. The largest absolute Gasteiger partial charge is 0.493 e. The Labute approximate surface area is 346 Å². The number of rotatable bonds is 7. The molecule has 0 saturated carbocycles. The first-order valence-corrected chi connectivity index (χ1v) is 20.7. The highest BCUT2D eigenvalue weighted by atomic mass is 79.9. The van der Waals surface area contributed by atoms with Gasteiger partial charge in [0, 0.05) is 63.1 Å². The fraction of sp³-hybridized carbons (Fsp3) is 0.459. The van der Waals surface area contributed by atoms with Gasteiger partial charge in [0.25, 0.3) is 0 Å². The van der Waals surface area contributed by atoms with Crippen molar-refractivity contribution >= 4 is 97.6 Å². The molecule has 3 aliphatic heterocycles. The number of aryl methyl sites for hydroxylation is 4. The normalized spacial score (nSPS) is 15.1. The molecule has 11 nitrogen and oxygen atoms in total. The molecule has 0 spiro atoms. The molecule has 6 rings (SSSR count). The maximum Gasteiger partial charge on any atom is 0.493 e. The number of imide groups is 1. The van der Waals surface area contributed by atoms with Crippen LogP contribution in [-0.2, 0) is 38.9 Å². The van der Waals surface area contributed by atoms with Crippen molar-refractivity contribution in [2.45, 2.75) is 70.5 Å². The highest BCUT2D eigenvalue weighted by molar-refractivity contribution is 9.09. The van der Waals surface area contributed by atoms with Gasteiger partial charge in [0.15, 0.2) is 0 Å². The number of aliphatic hydroxyl groups is 2. The lowest BCUT2D eigenvalue weighted by atomic mass is 9.76. The molecule has 4 N–H and O–H groups in total. The number of hydrogen-bond acceptors (Lipinski definition) is 10. The number of carbonyl (C=O) groups is 2. The molecule has 3 fully saturated rings. The molecule has 0 aliphatic carbocycles. The molecule has 0 aromatic heterocycles. The van der Waals surface area contributed by atoms with E-state index in [0.29, 0.717) is 24.7 Å². The Kier molecular flexibility index (Phi) is 24.0. The van der Waals surface area contributed by atoms with Crippen molar-refractivity contribution in [3.05, 3.63) is 88.0 Å². The van der Waals surface area contributed by atoms with Gasteiger partial charge in [-0.15, -0.1) is 0 Å². The third kappa shape index (κ3) is 18.4. The molecule has 0 atom stereocenters. The van der Waals surface area contributed by atoms with Gasteiger partial charge in [-0.2, -0.15) is 0 Å². The number of halogens is 3. The maximum atomic E-state index is 10.4. The van der Waals surface area contributed by atoms with Crippen molar-refractivity contribution in [2.75, 3.05) is 39.6 Å². The molecule has 3 aliphatic rings. The van der Waals surface area contributed by atoms with Crippen molar-refractivity contribution in [2.24, 2.45) is 0 Å². The van der Waals surface area contributed by atoms with E-state index in [-0.39, 0.29) is 39.3 Å². The topological polar surface area (TPSA) is 155 Å². The molecule has 3 saturated heterocycles. The summed E-state index contributed by atoms with van der Waals surface area (Å²) < 4.78 is 23.3. The molecule has 0 unspecified atom stereocenters. The number of amides is 2. The van der Waals surface area contributed by atoms with Crippen molar-refractivity contribution in [1.82, 2.24) is 3.93 Å². The molecular weight excluding hydrogens is 891 g/mol. The summed E-state index contributed by atoms with van der Waals surface area (Å²) >= 11 is 9.77. The van der Waals surface area contributed by atoms with Crippen LogP contribution in [0.2, 0.25) is 0 Å². The molecule has 54 heavy (non-hydrogen) atoms. The number of hydrogen-bond donors (Lipinski definition) is 4. The van der Waals surface area contributed by atoms with Gasteiger partial charge < -0.3 is 38.9 Å². The highest BCUT2D eigenvalue weighted by Gasteiger charge is 2.27. The number of nitrogens with zero attached hydrogens (tertiary/aromatic N) is 1. The SMILES string of the molecule is BrCc1cc(CBr)cc(B2OCCCO2)c1.Cc1cc(C)cc(B(O)O)c1.Cc1cc(C)cc(B2OCCCO2)c1.O=C1CCC(=O)N1Br.OCCCO. The van der Waals surface area contributed by atoms with Crippen LogP contribution >= 0.6 is 48.0 Å². The van der Waals surface area contributed by atoms with Crippen LogP contribution in [0.15, 0.2) is 54.6 Å². The lowest BCUT2D eigenvalue weighted by Crippen LogP contribution is -2.41. The fourth-order valence-corrected chi connectivity index (χ4v) is 6.37. The van der Waals surface area contributed by atoms with Crippen molar-refractivity contribution < 1.29 is 48.5 Å². The lowest BCUT2D eigenvalue weighted by molar-refractivity contribution is -0.131. The van der Waals surface area contributed by atoms with E-state index in [1.807, 2.05) is 19.9 Å². The van der Waals surface area contributed by atoms with Crippen LogP contribution in [0, 0.1) is 27.7 Å². The van der Waals surface area contributed by atoms with E-state index in [2.05, 4.69) is 98.3 Å². The first-order chi connectivity index (χ1) is 25.8. The Morgan fingerprint density at radius 2 is 1.00 bits per heavy atom. The highest BCUT2D eigenvalue weighted by Crippen LogP contribution is 2.15. The third-order valence-electron chi connectivity index (χ3n) is 7.68. The smallest absolute Gasteiger partial charge is 0.423 e. The minimum absolute atomic E-state index is 0.0938. The second-order valence-electron chi connectivity index (χ2n) is 12.8. The van der Waals surface area contributed by atoms with Gasteiger partial charge in [0.2, 0.25) is 11.8 Å². The van der Waals surface area contributed by atoms with Crippen LogP contribution in [0.3, 0.4) is 0 Å². The molecule has 2 amide bonds. The lowest BCUT2D eigenvalue weighted by Gasteiger charge is -2.20. The second kappa shape index (κ2) is 26.9. The van der Waals surface area contributed by atoms with Crippen molar-refractivity contribution in [1.29, 1.82) is 0 Å². The number of carbonyl (C=O) groups excluding carboxylic acids is 2. The van der Waals surface area contributed by atoms with Crippen LogP contribution in [0.25, 0.3) is 0 Å². The molecule has 17 heteroatoms. The van der Waals surface area contributed by atoms with E-state index >= 15 is 0 Å². The Morgan fingerprint density at radius 3 is 1.30 bits per heavy atom. The summed E-state index contributed by atoms with van der Waals surface area (Å²) in [7, 11) is -1.69. The Bertz CT molecular complexity index is 1500. The molecule has 0 bridgehead atoms. The predicted octanol–water partition coefficient (Wildman–Crippen LogP) is 3.83. The summed E-state index contributed by atoms with van der Waals surface area (Å²) in [6.07, 6.45) is 3.19. The van der Waals surface area contributed by atoms with Crippen molar-refractivity contribution in [3.8, 4) is 0 Å². The molecule has 3 heterocycles. The van der Waals surface area contributed by atoms with E-state index in [1.54, 1.807) is 12.1 Å². The predicted molar refractivity (Wildman–Crippen MR) is 226 cm³/mol. The van der Waals surface area contributed by atoms with Crippen LogP contribution in [0.5, 0.6) is 0 Å². The molecule has 3 aromatic carbocycles. The molecule has 294 valence electrons. The van der Waals surface area contributed by atoms with Crippen LogP contribution in [-0.4, -0.2) is 97.0 Å².